The first-order valence-corrected chi connectivity index (χ1v) is 9.84. The molecule has 150 valence electrons. The van der Waals surface area contributed by atoms with Crippen molar-refractivity contribution in [2.45, 2.75) is 53.7 Å². The van der Waals surface area contributed by atoms with Crippen molar-refractivity contribution in [1.82, 2.24) is 15.6 Å². The van der Waals surface area contributed by atoms with Gasteiger partial charge in [-0.2, -0.15) is 0 Å². The van der Waals surface area contributed by atoms with Gasteiger partial charge in [0.25, 0.3) is 0 Å². The van der Waals surface area contributed by atoms with Crippen LogP contribution in [-0.4, -0.2) is 30.6 Å². The first-order chi connectivity index (χ1) is 12.4. The average Bonchev–Trinajstić information content (AvgIpc) is 2.89. The Morgan fingerprint density at radius 1 is 1.22 bits per heavy atom. The molecule has 27 heavy (non-hydrogen) atoms. The summed E-state index contributed by atoms with van der Waals surface area (Å²) in [7, 11) is 1.79. The molecule has 0 fully saturated rings. The molecule has 2 aromatic rings. The number of aryl methyl sites for hydroxylation is 3. The second kappa shape index (κ2) is 11.5. The number of guanidine groups is 1. The fourth-order valence-corrected chi connectivity index (χ4v) is 3.61. The van der Waals surface area contributed by atoms with Crippen molar-refractivity contribution in [1.29, 1.82) is 0 Å². The maximum absolute atomic E-state index is 5.94. The van der Waals surface area contributed by atoms with Crippen LogP contribution >= 0.6 is 35.3 Å². The van der Waals surface area contributed by atoms with Crippen LogP contribution in [0.4, 0.5) is 0 Å². The molecule has 0 unspecified atom stereocenters. The fraction of sp³-hybridized carbons (Fsp3) is 0.500. The second-order valence-electron chi connectivity index (χ2n) is 6.62. The number of thiazole rings is 1. The minimum atomic E-state index is 0. The van der Waals surface area contributed by atoms with Crippen LogP contribution in [0.15, 0.2) is 23.2 Å². The molecule has 7 heteroatoms. The summed E-state index contributed by atoms with van der Waals surface area (Å²) in [6, 6.07) is 6.30. The number of aromatic nitrogens is 1. The third kappa shape index (κ3) is 7.65. The molecule has 0 saturated heterocycles. The first-order valence-electron chi connectivity index (χ1n) is 9.02. The van der Waals surface area contributed by atoms with E-state index < -0.39 is 0 Å². The zero-order chi connectivity index (χ0) is 19.1. The van der Waals surface area contributed by atoms with E-state index in [0.717, 1.165) is 40.9 Å². The standard InChI is InChI=1S/C20H30N4OS.HI/c1-13(2)25-18-11-14(3)7-8-17(18)12-23-20(21-6)22-10-9-19-15(4)24-16(5)26-19;/h7-8,11,13H,9-10,12H2,1-6H3,(H2,21,22,23);1H. The number of hydrogen-bond acceptors (Lipinski definition) is 4. The molecule has 0 bridgehead atoms. The Bertz CT molecular complexity index is 758. The van der Waals surface area contributed by atoms with Crippen molar-refractivity contribution >= 4 is 41.3 Å². The van der Waals surface area contributed by atoms with Crippen LogP contribution in [-0.2, 0) is 13.0 Å². The minimum absolute atomic E-state index is 0. The molecule has 0 amide bonds. The Labute approximate surface area is 184 Å². The first kappa shape index (κ1) is 23.7. The minimum Gasteiger partial charge on any atom is -0.491 e. The van der Waals surface area contributed by atoms with E-state index in [1.54, 1.807) is 18.4 Å². The van der Waals surface area contributed by atoms with Gasteiger partial charge in [0.2, 0.25) is 0 Å². The fourth-order valence-electron chi connectivity index (χ4n) is 2.67. The van der Waals surface area contributed by atoms with Gasteiger partial charge in [0, 0.05) is 37.0 Å². The largest absolute Gasteiger partial charge is 0.491 e. The maximum atomic E-state index is 5.94. The van der Waals surface area contributed by atoms with Crippen LogP contribution in [0.1, 0.15) is 40.6 Å². The number of nitrogens with zero attached hydrogens (tertiary/aromatic N) is 2. The number of aliphatic imine (C=N–C) groups is 1. The lowest BCUT2D eigenvalue weighted by molar-refractivity contribution is 0.239. The highest BCUT2D eigenvalue weighted by molar-refractivity contribution is 14.0. The number of ether oxygens (including phenoxy) is 1. The topological polar surface area (TPSA) is 58.5 Å². The highest BCUT2D eigenvalue weighted by Gasteiger charge is 2.08. The van der Waals surface area contributed by atoms with Crippen molar-refractivity contribution in [3.05, 3.63) is 44.9 Å². The zero-order valence-corrected chi connectivity index (χ0v) is 20.2. The summed E-state index contributed by atoms with van der Waals surface area (Å²) in [6.45, 7) is 11.8. The second-order valence-corrected chi connectivity index (χ2v) is 7.91. The summed E-state index contributed by atoms with van der Waals surface area (Å²) >= 11 is 1.76. The molecule has 0 aliphatic rings. The number of nitrogens with one attached hydrogen (secondary N) is 2. The van der Waals surface area contributed by atoms with Crippen molar-refractivity contribution in [2.24, 2.45) is 4.99 Å². The highest BCUT2D eigenvalue weighted by Crippen LogP contribution is 2.21. The quantitative estimate of drug-likeness (QED) is 0.335. The van der Waals surface area contributed by atoms with Crippen LogP contribution < -0.4 is 15.4 Å². The molecular formula is C20H31IN4OS. The van der Waals surface area contributed by atoms with Crippen LogP contribution in [0.25, 0.3) is 0 Å². The van der Waals surface area contributed by atoms with Gasteiger partial charge in [0.15, 0.2) is 5.96 Å². The molecule has 0 aliphatic heterocycles. The Morgan fingerprint density at radius 3 is 2.56 bits per heavy atom. The van der Waals surface area contributed by atoms with Gasteiger partial charge < -0.3 is 15.4 Å². The van der Waals surface area contributed by atoms with Gasteiger partial charge in [0.1, 0.15) is 5.75 Å². The molecule has 1 aromatic carbocycles. The van der Waals surface area contributed by atoms with E-state index in [1.165, 1.54) is 10.4 Å². The summed E-state index contributed by atoms with van der Waals surface area (Å²) < 4.78 is 5.94. The maximum Gasteiger partial charge on any atom is 0.191 e. The van der Waals surface area contributed by atoms with Gasteiger partial charge in [-0.1, -0.05) is 12.1 Å². The zero-order valence-electron chi connectivity index (χ0n) is 17.0. The van der Waals surface area contributed by atoms with E-state index in [4.69, 9.17) is 4.74 Å². The lowest BCUT2D eigenvalue weighted by Crippen LogP contribution is -2.38. The van der Waals surface area contributed by atoms with E-state index in [2.05, 4.69) is 52.7 Å². The van der Waals surface area contributed by atoms with Crippen LogP contribution in [0.5, 0.6) is 5.75 Å². The van der Waals surface area contributed by atoms with Crippen molar-refractivity contribution in [3.8, 4) is 5.75 Å². The van der Waals surface area contributed by atoms with E-state index in [0.29, 0.717) is 6.54 Å². The average molecular weight is 502 g/mol. The van der Waals surface area contributed by atoms with Gasteiger partial charge in [-0.05, 0) is 46.2 Å². The molecule has 0 spiro atoms. The Morgan fingerprint density at radius 2 is 1.96 bits per heavy atom. The number of hydrogen-bond donors (Lipinski definition) is 2. The predicted octanol–water partition coefficient (Wildman–Crippen LogP) is 4.38. The summed E-state index contributed by atoms with van der Waals surface area (Å²) in [5, 5.41) is 7.87. The lowest BCUT2D eigenvalue weighted by Gasteiger charge is -2.17. The Balaban J connectivity index is 0.00000364. The highest BCUT2D eigenvalue weighted by atomic mass is 127. The molecule has 1 heterocycles. The number of benzene rings is 1. The molecule has 2 N–H and O–H groups in total. The van der Waals surface area contributed by atoms with E-state index in [9.17, 15) is 0 Å². The van der Waals surface area contributed by atoms with Crippen molar-refractivity contribution in [3.63, 3.8) is 0 Å². The molecule has 0 saturated carbocycles. The Kier molecular flexibility index (Phi) is 10.1. The third-order valence-electron chi connectivity index (χ3n) is 3.90. The van der Waals surface area contributed by atoms with Gasteiger partial charge in [0.05, 0.1) is 16.8 Å². The van der Waals surface area contributed by atoms with Gasteiger partial charge >= 0.3 is 0 Å². The molecule has 0 atom stereocenters. The van der Waals surface area contributed by atoms with Gasteiger partial charge in [-0.25, -0.2) is 4.98 Å². The normalized spacial score (nSPS) is 11.3. The third-order valence-corrected chi connectivity index (χ3v) is 5.03. The van der Waals surface area contributed by atoms with E-state index in [-0.39, 0.29) is 30.1 Å². The predicted molar refractivity (Wildman–Crippen MR) is 126 cm³/mol. The summed E-state index contributed by atoms with van der Waals surface area (Å²) in [5.41, 5.74) is 3.45. The summed E-state index contributed by atoms with van der Waals surface area (Å²) in [6.07, 6.45) is 1.10. The smallest absolute Gasteiger partial charge is 0.191 e. The summed E-state index contributed by atoms with van der Waals surface area (Å²) in [5.74, 6) is 1.72. The van der Waals surface area contributed by atoms with Crippen molar-refractivity contribution < 1.29 is 4.74 Å². The van der Waals surface area contributed by atoms with Crippen molar-refractivity contribution in [2.75, 3.05) is 13.6 Å². The number of rotatable bonds is 7. The molecular weight excluding hydrogens is 471 g/mol. The SMILES string of the molecule is CN=C(NCCc1sc(C)nc1C)NCc1ccc(C)cc1OC(C)C.I. The molecule has 2 rings (SSSR count). The Hall–Kier alpha value is -1.35. The number of halogens is 1. The molecule has 0 radical (unpaired) electrons. The van der Waals surface area contributed by atoms with Crippen LogP contribution in [0, 0.1) is 20.8 Å². The molecule has 5 nitrogen and oxygen atoms in total. The van der Waals surface area contributed by atoms with E-state index in [1.807, 2.05) is 20.8 Å². The van der Waals surface area contributed by atoms with Gasteiger partial charge in [-0.3, -0.25) is 4.99 Å². The van der Waals surface area contributed by atoms with Gasteiger partial charge in [-0.15, -0.1) is 35.3 Å². The van der Waals surface area contributed by atoms with Crippen LogP contribution in [0.2, 0.25) is 0 Å². The molecule has 0 aliphatic carbocycles. The van der Waals surface area contributed by atoms with E-state index >= 15 is 0 Å². The molecule has 1 aromatic heterocycles. The lowest BCUT2D eigenvalue weighted by atomic mass is 10.1. The monoisotopic (exact) mass is 502 g/mol. The summed E-state index contributed by atoms with van der Waals surface area (Å²) in [4.78, 5) is 10.1. The van der Waals surface area contributed by atoms with Crippen LogP contribution in [0.3, 0.4) is 0 Å².